The second kappa shape index (κ2) is 5.64. The van der Waals surface area contributed by atoms with Crippen LogP contribution in [0.5, 0.6) is 0 Å². The Morgan fingerprint density at radius 3 is 2.27 bits per heavy atom. The number of nitrogens with zero attached hydrogens (tertiary/aromatic N) is 2. The van der Waals surface area contributed by atoms with Crippen molar-refractivity contribution in [2.45, 2.75) is 26.2 Å². The highest BCUT2D eigenvalue weighted by molar-refractivity contribution is 5.62. The maximum atomic E-state index is 5.72. The molecule has 4 nitrogen and oxygen atoms in total. The third-order valence-electron chi connectivity index (χ3n) is 3.33. The maximum Gasteiger partial charge on any atom is 0.299 e. The van der Waals surface area contributed by atoms with E-state index in [0.717, 1.165) is 22.7 Å². The Morgan fingerprint density at radius 1 is 0.909 bits per heavy atom. The predicted octanol–water partition coefficient (Wildman–Crippen LogP) is 4.78. The van der Waals surface area contributed by atoms with Crippen LogP contribution in [0.2, 0.25) is 0 Å². The van der Waals surface area contributed by atoms with Gasteiger partial charge >= 0.3 is 0 Å². The molecule has 2 aromatic heterocycles. The van der Waals surface area contributed by atoms with Gasteiger partial charge in [-0.25, -0.2) is 4.98 Å². The molecule has 0 saturated heterocycles. The zero-order valence-electron chi connectivity index (χ0n) is 13.0. The van der Waals surface area contributed by atoms with Gasteiger partial charge in [0, 0.05) is 11.0 Å². The summed E-state index contributed by atoms with van der Waals surface area (Å²) in [4.78, 5) is 8.72. The third kappa shape index (κ3) is 3.17. The molecule has 0 spiro atoms. The molecule has 0 unspecified atom stereocenters. The van der Waals surface area contributed by atoms with E-state index in [1.807, 2.05) is 42.5 Å². The number of hydrogen-bond donors (Lipinski definition) is 1. The highest BCUT2D eigenvalue weighted by Crippen LogP contribution is 2.26. The molecule has 0 saturated carbocycles. The summed E-state index contributed by atoms with van der Waals surface area (Å²) < 4.78 is 5.72. The number of nitrogens with one attached hydrogen (secondary N) is 1. The van der Waals surface area contributed by atoms with Crippen LogP contribution in [-0.2, 0) is 5.41 Å². The van der Waals surface area contributed by atoms with Crippen molar-refractivity contribution in [1.82, 2.24) is 9.97 Å². The van der Waals surface area contributed by atoms with Gasteiger partial charge in [-0.15, -0.1) is 0 Å². The van der Waals surface area contributed by atoms with E-state index in [-0.39, 0.29) is 5.41 Å². The van der Waals surface area contributed by atoms with Crippen molar-refractivity contribution in [1.29, 1.82) is 0 Å². The molecule has 0 fully saturated rings. The molecule has 112 valence electrons. The van der Waals surface area contributed by atoms with E-state index < -0.39 is 0 Å². The van der Waals surface area contributed by atoms with E-state index in [4.69, 9.17) is 4.42 Å². The lowest BCUT2D eigenvalue weighted by Gasteiger charge is -2.13. The van der Waals surface area contributed by atoms with E-state index in [9.17, 15) is 0 Å². The first-order valence-electron chi connectivity index (χ1n) is 7.27. The van der Waals surface area contributed by atoms with E-state index in [1.54, 1.807) is 12.4 Å². The van der Waals surface area contributed by atoms with E-state index in [0.29, 0.717) is 6.01 Å². The fraction of sp³-hybridized carbons (Fsp3) is 0.222. The minimum Gasteiger partial charge on any atom is -0.428 e. The summed E-state index contributed by atoms with van der Waals surface area (Å²) in [6, 6.07) is 14.5. The van der Waals surface area contributed by atoms with Gasteiger partial charge < -0.3 is 9.73 Å². The van der Waals surface area contributed by atoms with Crippen LogP contribution >= 0.6 is 0 Å². The predicted molar refractivity (Wildman–Crippen MR) is 88.2 cm³/mol. The van der Waals surface area contributed by atoms with E-state index >= 15 is 0 Å². The molecule has 0 aliphatic carbocycles. The number of hydrogen-bond acceptors (Lipinski definition) is 4. The highest BCUT2D eigenvalue weighted by Gasteiger charge is 2.19. The maximum absolute atomic E-state index is 5.72. The standard InChI is InChI=1S/C18H19N3O/c1-18(2,3)16-12-20-17(22-16)21-14-9-10-15(19-11-14)13-7-5-4-6-8-13/h4-12H,1-3H3,(H,20,21). The smallest absolute Gasteiger partial charge is 0.299 e. The van der Waals surface area contributed by atoms with Crippen molar-refractivity contribution < 1.29 is 4.42 Å². The van der Waals surface area contributed by atoms with Crippen molar-refractivity contribution in [2.24, 2.45) is 0 Å². The molecule has 0 amide bonds. The normalized spacial score (nSPS) is 11.4. The molecule has 0 aliphatic rings. The average molecular weight is 293 g/mol. The Morgan fingerprint density at radius 2 is 1.68 bits per heavy atom. The van der Waals surface area contributed by atoms with Crippen LogP contribution in [0.15, 0.2) is 59.3 Å². The summed E-state index contributed by atoms with van der Waals surface area (Å²) in [6.45, 7) is 6.27. The first-order chi connectivity index (χ1) is 10.5. The van der Waals surface area contributed by atoms with Gasteiger partial charge in [0.15, 0.2) is 0 Å². The molecule has 3 rings (SSSR count). The van der Waals surface area contributed by atoms with Crippen molar-refractivity contribution in [3.63, 3.8) is 0 Å². The Hall–Kier alpha value is -2.62. The number of oxazole rings is 1. The summed E-state index contributed by atoms with van der Waals surface area (Å²) >= 11 is 0. The Balaban J connectivity index is 1.75. The average Bonchev–Trinajstić information content (AvgIpc) is 2.98. The molecule has 0 aliphatic heterocycles. The number of benzene rings is 1. The van der Waals surface area contributed by atoms with Crippen molar-refractivity contribution in [3.8, 4) is 11.3 Å². The highest BCUT2D eigenvalue weighted by atomic mass is 16.4. The minimum absolute atomic E-state index is 0.0532. The largest absolute Gasteiger partial charge is 0.428 e. The summed E-state index contributed by atoms with van der Waals surface area (Å²) in [6.07, 6.45) is 3.54. The minimum atomic E-state index is -0.0532. The summed E-state index contributed by atoms with van der Waals surface area (Å²) in [5.41, 5.74) is 2.83. The summed E-state index contributed by atoms with van der Waals surface area (Å²) in [7, 11) is 0. The molecule has 0 bridgehead atoms. The van der Waals surface area contributed by atoms with Crippen LogP contribution in [-0.4, -0.2) is 9.97 Å². The molecule has 4 heteroatoms. The Bertz CT molecular complexity index is 740. The van der Waals surface area contributed by atoms with Gasteiger partial charge in [-0.05, 0) is 12.1 Å². The van der Waals surface area contributed by atoms with Crippen LogP contribution < -0.4 is 5.32 Å². The molecule has 22 heavy (non-hydrogen) atoms. The molecular weight excluding hydrogens is 274 g/mol. The summed E-state index contributed by atoms with van der Waals surface area (Å²) in [5.74, 6) is 0.851. The Labute approximate surface area is 130 Å². The van der Waals surface area contributed by atoms with Crippen LogP contribution in [0.4, 0.5) is 11.7 Å². The van der Waals surface area contributed by atoms with Gasteiger partial charge in [0.1, 0.15) is 5.76 Å². The lowest BCUT2D eigenvalue weighted by molar-refractivity contribution is 0.417. The molecule has 0 radical (unpaired) electrons. The van der Waals surface area contributed by atoms with Gasteiger partial charge in [-0.3, -0.25) is 4.98 Å². The number of rotatable bonds is 3. The molecular formula is C18H19N3O. The topological polar surface area (TPSA) is 51.0 Å². The first-order valence-corrected chi connectivity index (χ1v) is 7.27. The van der Waals surface area contributed by atoms with E-state index in [1.165, 1.54) is 0 Å². The van der Waals surface area contributed by atoms with E-state index in [2.05, 4.69) is 36.1 Å². The van der Waals surface area contributed by atoms with Gasteiger partial charge in [0.2, 0.25) is 0 Å². The van der Waals surface area contributed by atoms with Crippen LogP contribution in [0, 0.1) is 0 Å². The van der Waals surface area contributed by atoms with Crippen LogP contribution in [0.25, 0.3) is 11.3 Å². The Kier molecular flexibility index (Phi) is 3.67. The lowest BCUT2D eigenvalue weighted by Crippen LogP contribution is -2.09. The molecule has 1 aromatic carbocycles. The number of aromatic nitrogens is 2. The van der Waals surface area contributed by atoms with Gasteiger partial charge in [-0.1, -0.05) is 51.1 Å². The zero-order valence-corrected chi connectivity index (χ0v) is 13.0. The van der Waals surface area contributed by atoms with Crippen molar-refractivity contribution in [2.75, 3.05) is 5.32 Å². The number of anilines is 2. The van der Waals surface area contributed by atoms with Crippen LogP contribution in [0.3, 0.4) is 0 Å². The van der Waals surface area contributed by atoms with Gasteiger partial charge in [-0.2, -0.15) is 0 Å². The second-order valence-corrected chi connectivity index (χ2v) is 6.20. The molecule has 2 heterocycles. The quantitative estimate of drug-likeness (QED) is 0.755. The zero-order chi connectivity index (χ0) is 15.6. The lowest BCUT2D eigenvalue weighted by atomic mass is 9.94. The monoisotopic (exact) mass is 293 g/mol. The first kappa shape index (κ1) is 14.3. The SMILES string of the molecule is CC(C)(C)c1cnc(Nc2ccc(-c3ccccc3)nc2)o1. The third-order valence-corrected chi connectivity index (χ3v) is 3.33. The second-order valence-electron chi connectivity index (χ2n) is 6.20. The van der Waals surface area contributed by atoms with Crippen LogP contribution in [0.1, 0.15) is 26.5 Å². The summed E-state index contributed by atoms with van der Waals surface area (Å²) in [5, 5.41) is 3.13. The van der Waals surface area contributed by atoms with Crippen molar-refractivity contribution in [3.05, 3.63) is 60.6 Å². The number of pyridine rings is 1. The van der Waals surface area contributed by atoms with Crippen molar-refractivity contribution >= 4 is 11.7 Å². The molecule has 0 atom stereocenters. The molecule has 1 N–H and O–H groups in total. The molecule has 3 aromatic rings. The fourth-order valence-corrected chi connectivity index (χ4v) is 2.05. The fourth-order valence-electron chi connectivity index (χ4n) is 2.05. The van der Waals surface area contributed by atoms with Gasteiger partial charge in [0.05, 0.1) is 23.8 Å². The van der Waals surface area contributed by atoms with Gasteiger partial charge in [0.25, 0.3) is 6.01 Å².